The van der Waals surface area contributed by atoms with Gasteiger partial charge in [0.25, 0.3) is 0 Å². The third-order valence-electron chi connectivity index (χ3n) is 5.40. The van der Waals surface area contributed by atoms with Gasteiger partial charge in [0.2, 0.25) is 0 Å². The van der Waals surface area contributed by atoms with Gasteiger partial charge >= 0.3 is 0 Å². The van der Waals surface area contributed by atoms with E-state index in [1.54, 1.807) is 6.20 Å². The van der Waals surface area contributed by atoms with Crippen LogP contribution in [0.15, 0.2) is 53.7 Å². The van der Waals surface area contributed by atoms with E-state index in [1.165, 1.54) is 17.5 Å². The molecule has 4 rings (SSSR count). The van der Waals surface area contributed by atoms with Crippen LogP contribution >= 0.6 is 35.1 Å². The maximum absolute atomic E-state index is 6.56. The molecule has 0 spiro atoms. The van der Waals surface area contributed by atoms with Gasteiger partial charge in [-0.3, -0.25) is 10.1 Å². The van der Waals surface area contributed by atoms with Crippen LogP contribution in [0.1, 0.15) is 31.2 Å². The van der Waals surface area contributed by atoms with Crippen molar-refractivity contribution in [2.75, 3.05) is 0 Å². The van der Waals surface area contributed by atoms with E-state index in [9.17, 15) is 0 Å². The Hall–Kier alpha value is -1.50. The highest BCUT2D eigenvalue weighted by Gasteiger charge is 2.23. The first-order chi connectivity index (χ1) is 14.1. The van der Waals surface area contributed by atoms with Crippen molar-refractivity contribution in [3.05, 3.63) is 64.4 Å². The smallest absolute Gasteiger partial charge is 0.138 e. The van der Waals surface area contributed by atoms with E-state index in [2.05, 4.69) is 10.3 Å². The second-order valence-electron chi connectivity index (χ2n) is 7.33. The Morgan fingerprint density at radius 2 is 1.93 bits per heavy atom. The summed E-state index contributed by atoms with van der Waals surface area (Å²) in [7, 11) is 0. The maximum Gasteiger partial charge on any atom is 0.138 e. The normalized spacial score (nSPS) is 19.4. The van der Waals surface area contributed by atoms with Crippen molar-refractivity contribution in [1.82, 2.24) is 10.3 Å². The zero-order chi connectivity index (χ0) is 20.2. The lowest BCUT2D eigenvalue weighted by Crippen LogP contribution is -2.36. The lowest BCUT2D eigenvalue weighted by Gasteiger charge is -2.30. The van der Waals surface area contributed by atoms with Crippen LogP contribution in [-0.2, 0) is 6.54 Å². The Morgan fingerprint density at radius 1 is 1.10 bits per heavy atom. The van der Waals surface area contributed by atoms with Crippen LogP contribution in [0.5, 0.6) is 5.75 Å². The molecule has 1 aliphatic rings. The highest BCUT2D eigenvalue weighted by Crippen LogP contribution is 2.34. The number of hydrogen-bond acceptors (Lipinski definition) is 5. The highest BCUT2D eigenvalue weighted by molar-refractivity contribution is 7.97. The number of nitrogens with two attached hydrogens (primary N) is 1. The number of nitrogens with one attached hydrogen (secondary N) is 1. The predicted octanol–water partition coefficient (Wildman–Crippen LogP) is 5.99. The molecule has 0 bridgehead atoms. The summed E-state index contributed by atoms with van der Waals surface area (Å²) in [6.45, 7) is 0.811. The van der Waals surface area contributed by atoms with E-state index < -0.39 is 0 Å². The van der Waals surface area contributed by atoms with Crippen LogP contribution in [0.25, 0.3) is 10.8 Å². The first-order valence-electron chi connectivity index (χ1n) is 9.71. The van der Waals surface area contributed by atoms with Crippen molar-refractivity contribution >= 4 is 45.9 Å². The Morgan fingerprint density at radius 3 is 2.72 bits per heavy atom. The lowest BCUT2D eigenvalue weighted by molar-refractivity contribution is 0.139. The molecule has 152 valence electrons. The number of ether oxygens (including phenoxy) is 1. The number of benzene rings is 2. The molecule has 3 N–H and O–H groups in total. The van der Waals surface area contributed by atoms with E-state index >= 15 is 0 Å². The molecule has 1 heterocycles. The van der Waals surface area contributed by atoms with Gasteiger partial charge in [-0.25, -0.2) is 0 Å². The van der Waals surface area contributed by atoms with Crippen molar-refractivity contribution in [2.45, 2.75) is 49.3 Å². The predicted molar refractivity (Wildman–Crippen MR) is 122 cm³/mol. The van der Waals surface area contributed by atoms with Gasteiger partial charge in [0.15, 0.2) is 0 Å². The fourth-order valence-electron chi connectivity index (χ4n) is 3.78. The summed E-state index contributed by atoms with van der Waals surface area (Å²) in [6.07, 6.45) is 7.93. The van der Waals surface area contributed by atoms with Gasteiger partial charge in [-0.2, -0.15) is 0 Å². The van der Waals surface area contributed by atoms with Crippen LogP contribution in [0.3, 0.4) is 0 Å². The molecule has 2 aromatic carbocycles. The minimum atomic E-state index is 0.195. The average Bonchev–Trinajstić information content (AvgIpc) is 2.76. The van der Waals surface area contributed by atoms with E-state index in [-0.39, 0.29) is 6.10 Å². The number of rotatable bonds is 6. The summed E-state index contributed by atoms with van der Waals surface area (Å²) < 4.78 is 6.24. The van der Waals surface area contributed by atoms with Gasteiger partial charge in [0.05, 0.1) is 16.1 Å². The second kappa shape index (κ2) is 9.54. The molecule has 1 fully saturated rings. The molecular formula is C22H23Cl2N3OS. The molecule has 1 aliphatic carbocycles. The highest BCUT2D eigenvalue weighted by atomic mass is 35.5. The first-order valence-corrected chi connectivity index (χ1v) is 11.3. The van der Waals surface area contributed by atoms with Crippen molar-refractivity contribution in [1.29, 1.82) is 0 Å². The SMILES string of the molecule is NSc1cc(CNC2CCC(Oc3ccc4cnccc4c3Cl)CC2)ccc1Cl. The molecule has 0 saturated heterocycles. The van der Waals surface area contributed by atoms with Gasteiger partial charge in [-0.15, -0.1) is 0 Å². The lowest BCUT2D eigenvalue weighted by atomic mass is 9.92. The Balaban J connectivity index is 1.30. The Kier molecular flexibility index (Phi) is 6.83. The zero-order valence-corrected chi connectivity index (χ0v) is 18.2. The Bertz CT molecular complexity index is 993. The summed E-state index contributed by atoms with van der Waals surface area (Å²) in [5.74, 6) is 0.759. The molecule has 4 nitrogen and oxygen atoms in total. The van der Waals surface area contributed by atoms with Gasteiger partial charge < -0.3 is 10.1 Å². The van der Waals surface area contributed by atoms with Crippen molar-refractivity contribution in [3.63, 3.8) is 0 Å². The standard InChI is InChI=1S/C22H23Cl2N3OS/c23-19-7-1-14(11-21(19)29-25)12-27-16-3-5-17(6-4-16)28-20-8-2-15-13-26-10-9-18(15)22(20)24/h1-2,7-11,13,16-17,27H,3-6,12,25H2. The number of fused-ring (bicyclic) bond motifs is 1. The molecule has 3 aromatic rings. The molecule has 0 amide bonds. The van der Waals surface area contributed by atoms with Crippen LogP contribution < -0.4 is 15.2 Å². The van der Waals surface area contributed by atoms with E-state index in [4.69, 9.17) is 33.1 Å². The first kappa shape index (κ1) is 20.8. The molecular weight excluding hydrogens is 425 g/mol. The van der Waals surface area contributed by atoms with Crippen LogP contribution in [0, 0.1) is 0 Å². The minimum absolute atomic E-state index is 0.195. The quantitative estimate of drug-likeness (QED) is 0.454. The minimum Gasteiger partial charge on any atom is -0.489 e. The topological polar surface area (TPSA) is 60.2 Å². The van der Waals surface area contributed by atoms with Crippen molar-refractivity contribution in [2.24, 2.45) is 5.14 Å². The second-order valence-corrected chi connectivity index (χ2v) is 8.79. The van der Waals surface area contributed by atoms with Crippen LogP contribution in [-0.4, -0.2) is 17.1 Å². The summed E-state index contributed by atoms with van der Waals surface area (Å²) in [5.41, 5.74) is 1.19. The molecule has 0 atom stereocenters. The van der Waals surface area contributed by atoms with Crippen molar-refractivity contribution < 1.29 is 4.74 Å². The Labute approximate surface area is 185 Å². The molecule has 0 unspecified atom stereocenters. The fourth-order valence-corrected chi connectivity index (χ4v) is 4.71. The van der Waals surface area contributed by atoms with Crippen LogP contribution in [0.4, 0.5) is 0 Å². The van der Waals surface area contributed by atoms with E-state index in [1.807, 2.05) is 42.6 Å². The fraction of sp³-hybridized carbons (Fsp3) is 0.318. The average molecular weight is 448 g/mol. The number of halogens is 2. The number of nitrogens with zero attached hydrogens (tertiary/aromatic N) is 1. The summed E-state index contributed by atoms with van der Waals surface area (Å²) in [4.78, 5) is 5.05. The third-order valence-corrected chi connectivity index (χ3v) is 6.83. The maximum atomic E-state index is 6.56. The summed E-state index contributed by atoms with van der Waals surface area (Å²) in [5, 5.41) is 12.7. The molecule has 0 aliphatic heterocycles. The van der Waals surface area contributed by atoms with Gasteiger partial charge in [-0.1, -0.05) is 29.3 Å². The van der Waals surface area contributed by atoms with Gasteiger partial charge in [0, 0.05) is 40.6 Å². The number of aromatic nitrogens is 1. The van der Waals surface area contributed by atoms with E-state index in [0.717, 1.165) is 53.6 Å². The zero-order valence-electron chi connectivity index (χ0n) is 15.9. The summed E-state index contributed by atoms with van der Waals surface area (Å²) >= 11 is 13.9. The number of pyridine rings is 1. The molecule has 1 saturated carbocycles. The van der Waals surface area contributed by atoms with Gasteiger partial charge in [0.1, 0.15) is 5.75 Å². The summed E-state index contributed by atoms with van der Waals surface area (Å²) in [6, 6.07) is 12.4. The van der Waals surface area contributed by atoms with Crippen LogP contribution in [0.2, 0.25) is 10.0 Å². The molecule has 29 heavy (non-hydrogen) atoms. The monoisotopic (exact) mass is 447 g/mol. The molecule has 7 heteroatoms. The van der Waals surface area contributed by atoms with Crippen molar-refractivity contribution in [3.8, 4) is 5.75 Å². The number of hydrogen-bond donors (Lipinski definition) is 2. The molecule has 1 aromatic heterocycles. The van der Waals surface area contributed by atoms with E-state index in [0.29, 0.717) is 16.1 Å². The molecule has 0 radical (unpaired) electrons. The third kappa shape index (κ3) is 4.98. The largest absolute Gasteiger partial charge is 0.489 e. The van der Waals surface area contributed by atoms with Gasteiger partial charge in [-0.05, 0) is 73.5 Å².